The van der Waals surface area contributed by atoms with Crippen molar-refractivity contribution in [1.82, 2.24) is 15.3 Å². The molecule has 0 bridgehead atoms. The van der Waals surface area contributed by atoms with Crippen LogP contribution in [0.1, 0.15) is 5.69 Å². The van der Waals surface area contributed by atoms with Crippen molar-refractivity contribution >= 4 is 11.6 Å². The first-order valence-electron chi connectivity index (χ1n) is 3.70. The first kappa shape index (κ1) is 9.38. The molecule has 3 N–H and O–H groups in total. The van der Waals surface area contributed by atoms with Crippen LogP contribution in [0.25, 0.3) is 0 Å². The molecule has 0 aromatic carbocycles. The van der Waals surface area contributed by atoms with E-state index in [0.29, 0.717) is 18.2 Å². The molecule has 0 aliphatic heterocycles. The van der Waals surface area contributed by atoms with E-state index in [2.05, 4.69) is 15.3 Å². The van der Waals surface area contributed by atoms with E-state index < -0.39 is 0 Å². The van der Waals surface area contributed by atoms with Crippen LogP contribution >= 0.6 is 11.6 Å². The predicted molar refractivity (Wildman–Crippen MR) is 47.8 cm³/mol. The van der Waals surface area contributed by atoms with Crippen LogP contribution < -0.4 is 11.1 Å². The van der Waals surface area contributed by atoms with Gasteiger partial charge >= 0.3 is 0 Å². The molecule has 1 rings (SSSR count). The fourth-order valence-corrected chi connectivity index (χ4v) is 0.955. The van der Waals surface area contributed by atoms with Gasteiger partial charge in [-0.1, -0.05) is 11.6 Å². The molecule has 4 nitrogen and oxygen atoms in total. The lowest BCUT2D eigenvalue weighted by atomic mass is 10.4. The standard InChI is InChI=1S/C7H11ClN4/c8-7-3-6(11-5-12-7)4-10-2-1-9/h3,5,10H,1-2,4,9H2. The summed E-state index contributed by atoms with van der Waals surface area (Å²) in [5.74, 6) is 0. The SMILES string of the molecule is NCCNCc1cc(Cl)ncn1. The summed E-state index contributed by atoms with van der Waals surface area (Å²) in [4.78, 5) is 7.78. The van der Waals surface area contributed by atoms with Crippen molar-refractivity contribution in [3.05, 3.63) is 23.2 Å². The lowest BCUT2D eigenvalue weighted by molar-refractivity contribution is 0.680. The van der Waals surface area contributed by atoms with Crippen molar-refractivity contribution in [2.45, 2.75) is 6.54 Å². The number of nitrogens with two attached hydrogens (primary N) is 1. The summed E-state index contributed by atoms with van der Waals surface area (Å²) in [6, 6.07) is 1.73. The van der Waals surface area contributed by atoms with Gasteiger partial charge in [-0.2, -0.15) is 0 Å². The first-order valence-corrected chi connectivity index (χ1v) is 4.08. The highest BCUT2D eigenvalue weighted by Gasteiger charge is 1.94. The lowest BCUT2D eigenvalue weighted by Gasteiger charge is -2.01. The van der Waals surface area contributed by atoms with Gasteiger partial charge in [-0.15, -0.1) is 0 Å². The monoisotopic (exact) mass is 186 g/mol. The second kappa shape index (κ2) is 5.03. The van der Waals surface area contributed by atoms with Crippen molar-refractivity contribution in [2.75, 3.05) is 13.1 Å². The average Bonchev–Trinajstić information content (AvgIpc) is 2.05. The Kier molecular flexibility index (Phi) is 3.93. The van der Waals surface area contributed by atoms with Gasteiger partial charge in [0.1, 0.15) is 11.5 Å². The number of rotatable bonds is 4. The van der Waals surface area contributed by atoms with E-state index in [4.69, 9.17) is 17.3 Å². The molecule has 0 saturated heterocycles. The number of hydrogen-bond acceptors (Lipinski definition) is 4. The van der Waals surface area contributed by atoms with Crippen LogP contribution in [0.3, 0.4) is 0 Å². The minimum atomic E-state index is 0.467. The fraction of sp³-hybridized carbons (Fsp3) is 0.429. The third-order valence-corrected chi connectivity index (χ3v) is 1.52. The van der Waals surface area contributed by atoms with Gasteiger partial charge < -0.3 is 11.1 Å². The highest BCUT2D eigenvalue weighted by Crippen LogP contribution is 2.03. The highest BCUT2D eigenvalue weighted by atomic mass is 35.5. The molecule has 0 saturated carbocycles. The molecule has 66 valence electrons. The van der Waals surface area contributed by atoms with E-state index in [1.807, 2.05) is 0 Å². The van der Waals surface area contributed by atoms with Crippen molar-refractivity contribution in [3.63, 3.8) is 0 Å². The quantitative estimate of drug-likeness (QED) is 0.520. The number of aromatic nitrogens is 2. The Hall–Kier alpha value is -0.710. The Balaban J connectivity index is 2.41. The number of nitrogens with one attached hydrogen (secondary N) is 1. The largest absolute Gasteiger partial charge is 0.329 e. The zero-order valence-corrected chi connectivity index (χ0v) is 7.38. The molecule has 0 atom stereocenters. The summed E-state index contributed by atoms with van der Waals surface area (Å²) in [5.41, 5.74) is 6.18. The molecule has 1 heterocycles. The maximum Gasteiger partial charge on any atom is 0.132 e. The van der Waals surface area contributed by atoms with Crippen molar-refractivity contribution < 1.29 is 0 Å². The maximum atomic E-state index is 5.65. The summed E-state index contributed by atoms with van der Waals surface area (Å²) in [6.07, 6.45) is 1.45. The van der Waals surface area contributed by atoms with Gasteiger partial charge in [0.15, 0.2) is 0 Å². The molecule has 0 aliphatic rings. The lowest BCUT2D eigenvalue weighted by Crippen LogP contribution is -2.22. The molecular weight excluding hydrogens is 176 g/mol. The fourth-order valence-electron chi connectivity index (χ4n) is 0.785. The Bertz CT molecular complexity index is 241. The third-order valence-electron chi connectivity index (χ3n) is 1.32. The second-order valence-electron chi connectivity index (χ2n) is 2.30. The number of nitrogens with zero attached hydrogens (tertiary/aromatic N) is 2. The van der Waals surface area contributed by atoms with Crippen LogP contribution in [-0.2, 0) is 6.54 Å². The first-order chi connectivity index (χ1) is 5.83. The predicted octanol–water partition coefficient (Wildman–Crippen LogP) is 0.178. The summed E-state index contributed by atoms with van der Waals surface area (Å²) < 4.78 is 0. The number of hydrogen-bond donors (Lipinski definition) is 2. The molecule has 0 radical (unpaired) electrons. The van der Waals surface area contributed by atoms with Crippen molar-refractivity contribution in [3.8, 4) is 0 Å². The molecule has 5 heteroatoms. The zero-order chi connectivity index (χ0) is 8.81. The molecule has 0 spiro atoms. The summed E-state index contributed by atoms with van der Waals surface area (Å²) in [5, 5.41) is 3.57. The van der Waals surface area contributed by atoms with Crippen LogP contribution in [0.4, 0.5) is 0 Å². The van der Waals surface area contributed by atoms with Gasteiger partial charge in [0, 0.05) is 19.6 Å². The average molecular weight is 187 g/mol. The summed E-state index contributed by atoms with van der Waals surface area (Å²) in [6.45, 7) is 2.08. The molecule has 0 aliphatic carbocycles. The van der Waals surface area contributed by atoms with Crippen LogP contribution in [0.5, 0.6) is 0 Å². The van der Waals surface area contributed by atoms with Gasteiger partial charge in [0.2, 0.25) is 0 Å². The Labute approximate surface area is 76.2 Å². The van der Waals surface area contributed by atoms with E-state index >= 15 is 0 Å². The smallest absolute Gasteiger partial charge is 0.132 e. The van der Waals surface area contributed by atoms with Gasteiger partial charge in [-0.25, -0.2) is 9.97 Å². The molecule has 1 aromatic rings. The normalized spacial score (nSPS) is 10.2. The van der Waals surface area contributed by atoms with E-state index in [1.165, 1.54) is 6.33 Å². The molecular formula is C7H11ClN4. The third kappa shape index (κ3) is 3.13. The Morgan fingerprint density at radius 1 is 1.50 bits per heavy atom. The van der Waals surface area contributed by atoms with Crippen LogP contribution in [0.2, 0.25) is 5.15 Å². The summed E-state index contributed by atoms with van der Waals surface area (Å²) in [7, 11) is 0. The molecule has 1 aromatic heterocycles. The molecule has 0 unspecified atom stereocenters. The van der Waals surface area contributed by atoms with E-state index in [9.17, 15) is 0 Å². The van der Waals surface area contributed by atoms with Crippen molar-refractivity contribution in [1.29, 1.82) is 0 Å². The van der Waals surface area contributed by atoms with Crippen LogP contribution in [0.15, 0.2) is 12.4 Å². The minimum absolute atomic E-state index is 0.467. The van der Waals surface area contributed by atoms with E-state index in [1.54, 1.807) is 6.07 Å². The Morgan fingerprint density at radius 2 is 2.33 bits per heavy atom. The maximum absolute atomic E-state index is 5.65. The zero-order valence-electron chi connectivity index (χ0n) is 6.63. The van der Waals surface area contributed by atoms with Gasteiger partial charge in [0.25, 0.3) is 0 Å². The van der Waals surface area contributed by atoms with Gasteiger partial charge in [-0.05, 0) is 6.07 Å². The molecule has 12 heavy (non-hydrogen) atoms. The van der Waals surface area contributed by atoms with Crippen molar-refractivity contribution in [2.24, 2.45) is 5.73 Å². The second-order valence-corrected chi connectivity index (χ2v) is 2.68. The van der Waals surface area contributed by atoms with E-state index in [-0.39, 0.29) is 0 Å². The number of halogens is 1. The topological polar surface area (TPSA) is 63.8 Å². The van der Waals surface area contributed by atoms with Gasteiger partial charge in [0.05, 0.1) is 5.69 Å². The Morgan fingerprint density at radius 3 is 3.00 bits per heavy atom. The van der Waals surface area contributed by atoms with Gasteiger partial charge in [-0.3, -0.25) is 0 Å². The molecule has 0 amide bonds. The van der Waals surface area contributed by atoms with Crippen LogP contribution in [0, 0.1) is 0 Å². The summed E-state index contributed by atoms with van der Waals surface area (Å²) >= 11 is 5.65. The highest BCUT2D eigenvalue weighted by molar-refractivity contribution is 6.29. The molecule has 0 fully saturated rings. The minimum Gasteiger partial charge on any atom is -0.329 e. The van der Waals surface area contributed by atoms with E-state index in [0.717, 1.165) is 12.2 Å². The van der Waals surface area contributed by atoms with Crippen LogP contribution in [-0.4, -0.2) is 23.1 Å².